The zero-order chi connectivity index (χ0) is 18.9. The van der Waals surface area contributed by atoms with E-state index in [2.05, 4.69) is 4.74 Å². The summed E-state index contributed by atoms with van der Waals surface area (Å²) in [7, 11) is 0. The summed E-state index contributed by atoms with van der Waals surface area (Å²) in [4.78, 5) is 13.2. The van der Waals surface area contributed by atoms with E-state index >= 15 is 0 Å². The molecule has 0 saturated carbocycles. The molecule has 4 nitrogen and oxygen atoms in total. The third-order valence-electron chi connectivity index (χ3n) is 3.88. The Kier molecular flexibility index (Phi) is 4.76. The maximum atomic E-state index is 14.4. The van der Waals surface area contributed by atoms with E-state index < -0.39 is 36.8 Å². The molecule has 0 unspecified atom stereocenters. The van der Waals surface area contributed by atoms with Crippen LogP contribution in [0.4, 0.5) is 23.2 Å². The van der Waals surface area contributed by atoms with Gasteiger partial charge in [0.1, 0.15) is 12.3 Å². The van der Waals surface area contributed by atoms with Crippen LogP contribution < -0.4 is 9.64 Å². The minimum Gasteiger partial charge on any atom is -0.462 e. The van der Waals surface area contributed by atoms with Crippen LogP contribution in [0.1, 0.15) is 22.8 Å². The first-order chi connectivity index (χ1) is 12.3. The van der Waals surface area contributed by atoms with Crippen molar-refractivity contribution in [3.63, 3.8) is 0 Å². The number of nitrogens with zero attached hydrogens (tertiary/aromatic N) is 1. The van der Waals surface area contributed by atoms with Crippen LogP contribution in [0.3, 0.4) is 0 Å². The molecule has 1 aliphatic heterocycles. The summed E-state index contributed by atoms with van der Waals surface area (Å²) < 4.78 is 65.3. The van der Waals surface area contributed by atoms with Gasteiger partial charge in [0.2, 0.25) is 0 Å². The van der Waals surface area contributed by atoms with Crippen molar-refractivity contribution in [2.75, 3.05) is 18.1 Å². The van der Waals surface area contributed by atoms with Gasteiger partial charge in [-0.3, -0.25) is 0 Å². The number of rotatable bonds is 4. The number of halogens is 4. The van der Waals surface area contributed by atoms with E-state index in [-0.39, 0.29) is 29.2 Å². The Bertz CT molecular complexity index is 841. The molecule has 26 heavy (non-hydrogen) atoms. The first-order valence-electron chi connectivity index (χ1n) is 7.87. The lowest BCUT2D eigenvalue weighted by Crippen LogP contribution is -2.45. The lowest BCUT2D eigenvalue weighted by atomic mass is 10.0. The molecule has 0 atom stereocenters. The van der Waals surface area contributed by atoms with Crippen molar-refractivity contribution in [1.82, 2.24) is 0 Å². The van der Waals surface area contributed by atoms with Crippen molar-refractivity contribution in [2.24, 2.45) is 0 Å². The molecule has 0 radical (unpaired) electrons. The highest BCUT2D eigenvalue weighted by Gasteiger charge is 2.40. The number of benzene rings is 2. The van der Waals surface area contributed by atoms with Gasteiger partial charge in [-0.05, 0) is 31.2 Å². The van der Waals surface area contributed by atoms with Crippen molar-refractivity contribution in [3.8, 4) is 5.75 Å². The van der Waals surface area contributed by atoms with E-state index in [9.17, 15) is 22.4 Å². The fourth-order valence-electron chi connectivity index (χ4n) is 2.78. The summed E-state index contributed by atoms with van der Waals surface area (Å²) in [5.74, 6) is -3.39. The van der Waals surface area contributed by atoms with Gasteiger partial charge in [0.25, 0.3) is 0 Å². The third kappa shape index (κ3) is 3.44. The molecule has 0 bridgehead atoms. The highest BCUT2D eigenvalue weighted by Crippen LogP contribution is 2.39. The number of hydrogen-bond acceptors (Lipinski definition) is 4. The molecule has 2 aromatic carbocycles. The van der Waals surface area contributed by atoms with E-state index in [1.54, 1.807) is 13.0 Å². The second-order valence-electron chi connectivity index (χ2n) is 5.67. The van der Waals surface area contributed by atoms with Crippen LogP contribution in [-0.4, -0.2) is 25.2 Å². The normalized spacial score (nSPS) is 15.2. The Morgan fingerprint density at radius 3 is 2.69 bits per heavy atom. The topological polar surface area (TPSA) is 38.8 Å². The average Bonchev–Trinajstić information content (AvgIpc) is 2.58. The van der Waals surface area contributed by atoms with Crippen LogP contribution in [0.25, 0.3) is 0 Å². The van der Waals surface area contributed by atoms with Gasteiger partial charge in [0.05, 0.1) is 17.9 Å². The van der Waals surface area contributed by atoms with Crippen LogP contribution in [0.2, 0.25) is 0 Å². The van der Waals surface area contributed by atoms with Gasteiger partial charge in [-0.2, -0.15) is 8.78 Å². The zero-order valence-corrected chi connectivity index (χ0v) is 13.8. The van der Waals surface area contributed by atoms with Gasteiger partial charge in [-0.25, -0.2) is 13.6 Å². The van der Waals surface area contributed by atoms with E-state index in [1.807, 2.05) is 0 Å². The molecule has 1 aliphatic rings. The van der Waals surface area contributed by atoms with Crippen molar-refractivity contribution in [2.45, 2.75) is 19.6 Å². The Morgan fingerprint density at radius 2 is 1.96 bits per heavy atom. The molecule has 0 N–H and O–H groups in total. The van der Waals surface area contributed by atoms with Crippen LogP contribution in [0.15, 0.2) is 36.4 Å². The van der Waals surface area contributed by atoms with Crippen molar-refractivity contribution in [1.29, 1.82) is 0 Å². The maximum absolute atomic E-state index is 14.4. The monoisotopic (exact) mass is 369 g/mol. The summed E-state index contributed by atoms with van der Waals surface area (Å²) >= 11 is 0. The predicted molar refractivity (Wildman–Crippen MR) is 85.4 cm³/mol. The maximum Gasteiger partial charge on any atom is 0.415 e. The number of para-hydroxylation sites is 2. The number of anilines is 1. The summed E-state index contributed by atoms with van der Waals surface area (Å²) in [6, 6.07) is 7.87. The second-order valence-corrected chi connectivity index (χ2v) is 5.67. The number of ether oxygens (including phenoxy) is 2. The lowest BCUT2D eigenvalue weighted by molar-refractivity contribution is -0.172. The Labute approximate surface area is 146 Å². The molecule has 0 fully saturated rings. The number of alkyl halides is 2. The van der Waals surface area contributed by atoms with E-state index in [4.69, 9.17) is 4.74 Å². The van der Waals surface area contributed by atoms with Gasteiger partial charge in [-0.15, -0.1) is 0 Å². The molecule has 0 saturated heterocycles. The first-order valence-corrected chi connectivity index (χ1v) is 7.87. The Balaban J connectivity index is 2.03. The highest BCUT2D eigenvalue weighted by molar-refractivity contribution is 5.91. The van der Waals surface area contributed by atoms with Crippen LogP contribution in [0, 0.1) is 11.6 Å². The fraction of sp³-hybridized carbons (Fsp3) is 0.278. The quantitative estimate of drug-likeness (QED) is 0.600. The van der Waals surface area contributed by atoms with Gasteiger partial charge in [-0.1, -0.05) is 12.1 Å². The molecule has 8 heteroatoms. The molecule has 1 heterocycles. The molecule has 138 valence electrons. The minimum absolute atomic E-state index is 0.0374. The van der Waals surface area contributed by atoms with E-state index in [0.717, 1.165) is 17.0 Å². The Morgan fingerprint density at radius 1 is 1.23 bits per heavy atom. The SMILES string of the molecule is CCOC(=O)c1ccc(F)c(F)c1CN1CC(F)(F)Oc2ccccc21. The van der Waals surface area contributed by atoms with E-state index in [0.29, 0.717) is 0 Å². The second kappa shape index (κ2) is 6.86. The Hall–Kier alpha value is -2.77. The number of carbonyl (C=O) groups excluding carboxylic acids is 1. The van der Waals surface area contributed by atoms with Gasteiger partial charge in [0.15, 0.2) is 11.6 Å². The van der Waals surface area contributed by atoms with Crippen molar-refractivity contribution in [3.05, 3.63) is 59.2 Å². The standard InChI is InChI=1S/C18H15F4NO3/c1-2-25-17(24)11-7-8-13(19)16(20)12(11)9-23-10-18(21,22)26-15-6-4-3-5-14(15)23/h3-8H,2,9-10H2,1H3. The minimum atomic E-state index is -3.51. The van der Waals surface area contributed by atoms with Gasteiger partial charge < -0.3 is 14.4 Å². The van der Waals surface area contributed by atoms with Crippen molar-refractivity contribution < 1.29 is 31.8 Å². The summed E-state index contributed by atoms with van der Waals surface area (Å²) in [5, 5.41) is 0. The van der Waals surface area contributed by atoms with E-state index in [1.165, 1.54) is 18.2 Å². The summed E-state index contributed by atoms with van der Waals surface area (Å²) in [6.07, 6.45) is -3.51. The number of fused-ring (bicyclic) bond motifs is 1. The predicted octanol–water partition coefficient (Wildman–Crippen LogP) is 4.13. The molecular formula is C18H15F4NO3. The molecule has 0 amide bonds. The molecular weight excluding hydrogens is 354 g/mol. The molecule has 0 aliphatic carbocycles. The largest absolute Gasteiger partial charge is 0.462 e. The number of hydrogen-bond donors (Lipinski definition) is 0. The lowest BCUT2D eigenvalue weighted by Gasteiger charge is -2.35. The van der Waals surface area contributed by atoms with Crippen LogP contribution >= 0.6 is 0 Å². The first kappa shape index (κ1) is 18.0. The van der Waals surface area contributed by atoms with Gasteiger partial charge >= 0.3 is 12.1 Å². The fourth-order valence-corrected chi connectivity index (χ4v) is 2.78. The summed E-state index contributed by atoms with van der Waals surface area (Å²) in [5.41, 5.74) is -0.272. The molecule has 0 spiro atoms. The molecule has 2 aromatic rings. The van der Waals surface area contributed by atoms with Gasteiger partial charge in [0, 0.05) is 12.1 Å². The number of carbonyl (C=O) groups is 1. The summed E-state index contributed by atoms with van der Waals surface area (Å²) in [6.45, 7) is 0.280. The zero-order valence-electron chi connectivity index (χ0n) is 13.8. The van der Waals surface area contributed by atoms with Crippen molar-refractivity contribution >= 4 is 11.7 Å². The third-order valence-corrected chi connectivity index (χ3v) is 3.88. The average molecular weight is 369 g/mol. The highest BCUT2D eigenvalue weighted by atomic mass is 19.3. The van der Waals surface area contributed by atoms with Crippen LogP contribution in [0.5, 0.6) is 5.75 Å². The molecule has 0 aromatic heterocycles. The number of esters is 1. The smallest absolute Gasteiger partial charge is 0.415 e. The molecule has 3 rings (SSSR count). The van der Waals surface area contributed by atoms with Crippen LogP contribution in [-0.2, 0) is 11.3 Å².